The van der Waals surface area contributed by atoms with Gasteiger partial charge in [0.2, 0.25) is 0 Å². The summed E-state index contributed by atoms with van der Waals surface area (Å²) in [6, 6.07) is 10.5. The van der Waals surface area contributed by atoms with E-state index in [1.807, 2.05) is 18.2 Å². The Hall–Kier alpha value is -1.87. The number of phenols is 1. The number of hydrogen-bond acceptors (Lipinski definition) is 3. The van der Waals surface area contributed by atoms with Gasteiger partial charge >= 0.3 is 0 Å². The van der Waals surface area contributed by atoms with Gasteiger partial charge in [0, 0.05) is 25.2 Å². The van der Waals surface area contributed by atoms with E-state index in [4.69, 9.17) is 0 Å². The van der Waals surface area contributed by atoms with Gasteiger partial charge in [-0.2, -0.15) is 0 Å². The molecule has 0 saturated heterocycles. The molecule has 3 heteroatoms. The van der Waals surface area contributed by atoms with Gasteiger partial charge in [0.25, 0.3) is 0 Å². The van der Waals surface area contributed by atoms with E-state index in [0.717, 1.165) is 10.8 Å². The summed E-state index contributed by atoms with van der Waals surface area (Å²) < 4.78 is 4.25. The van der Waals surface area contributed by atoms with Gasteiger partial charge in [-0.15, -0.1) is 0 Å². The number of carbonyl (C=O) groups excluding carboxylic acids is 1. The average Bonchev–Trinajstić information content (AvgIpc) is 2.30. The first-order chi connectivity index (χ1) is 8.11. The predicted octanol–water partition coefficient (Wildman–Crippen LogP) is 3.01. The third-order valence-corrected chi connectivity index (χ3v) is 2.28. The summed E-state index contributed by atoms with van der Waals surface area (Å²) in [5.41, 5.74) is 0.651. The van der Waals surface area contributed by atoms with Crippen LogP contribution in [0.3, 0.4) is 0 Å². The van der Waals surface area contributed by atoms with Crippen molar-refractivity contribution in [2.75, 3.05) is 14.2 Å². The molecular formula is C14H16O3. The second kappa shape index (κ2) is 6.01. The molecule has 17 heavy (non-hydrogen) atoms. The first-order valence-corrected chi connectivity index (χ1v) is 5.23. The third-order valence-electron chi connectivity index (χ3n) is 2.28. The van der Waals surface area contributed by atoms with Gasteiger partial charge in [0.05, 0.1) is 0 Å². The maximum atomic E-state index is 11.3. The van der Waals surface area contributed by atoms with Crippen LogP contribution in [0.15, 0.2) is 36.4 Å². The second-order valence-electron chi connectivity index (χ2n) is 3.64. The molecule has 0 amide bonds. The van der Waals surface area contributed by atoms with Crippen molar-refractivity contribution in [2.45, 2.75) is 6.92 Å². The predicted molar refractivity (Wildman–Crippen MR) is 68.6 cm³/mol. The molecule has 3 nitrogen and oxygen atoms in total. The van der Waals surface area contributed by atoms with Crippen LogP contribution in [-0.2, 0) is 4.74 Å². The quantitative estimate of drug-likeness (QED) is 0.769. The van der Waals surface area contributed by atoms with Crippen molar-refractivity contribution < 1.29 is 14.6 Å². The minimum absolute atomic E-state index is 0.0150. The SMILES string of the molecule is CC(=O)c1ccc(O)c2ccccc12.COC. The lowest BCUT2D eigenvalue weighted by molar-refractivity contribution is 0.101. The van der Waals surface area contributed by atoms with Crippen LogP contribution in [0.5, 0.6) is 5.75 Å². The fourth-order valence-corrected chi connectivity index (χ4v) is 1.59. The van der Waals surface area contributed by atoms with E-state index >= 15 is 0 Å². The monoisotopic (exact) mass is 232 g/mol. The molecule has 0 bridgehead atoms. The molecule has 1 N–H and O–H groups in total. The molecule has 2 aromatic carbocycles. The van der Waals surface area contributed by atoms with Crippen LogP contribution in [0.25, 0.3) is 10.8 Å². The highest BCUT2D eigenvalue weighted by atomic mass is 16.4. The molecule has 0 aromatic heterocycles. The summed E-state index contributed by atoms with van der Waals surface area (Å²) in [5.74, 6) is 0.229. The number of hydrogen-bond donors (Lipinski definition) is 1. The molecule has 0 atom stereocenters. The Morgan fingerprint density at radius 3 is 2.12 bits per heavy atom. The molecule has 0 saturated carbocycles. The molecule has 0 unspecified atom stereocenters. The van der Waals surface area contributed by atoms with Crippen LogP contribution in [0, 0.1) is 0 Å². The summed E-state index contributed by atoms with van der Waals surface area (Å²) in [4.78, 5) is 11.3. The molecule has 90 valence electrons. The Bertz CT molecular complexity index is 518. The Kier molecular flexibility index (Phi) is 4.67. The lowest BCUT2D eigenvalue weighted by Crippen LogP contribution is -1.92. The summed E-state index contributed by atoms with van der Waals surface area (Å²) in [7, 11) is 3.25. The molecule has 0 spiro atoms. The normalized spacial score (nSPS) is 9.59. The number of ketones is 1. The Balaban J connectivity index is 0.000000437. The summed E-state index contributed by atoms with van der Waals surface area (Å²) in [5, 5.41) is 11.1. The van der Waals surface area contributed by atoms with Crippen molar-refractivity contribution in [2.24, 2.45) is 0 Å². The van der Waals surface area contributed by atoms with Crippen LogP contribution in [0.1, 0.15) is 17.3 Å². The number of carbonyl (C=O) groups is 1. The van der Waals surface area contributed by atoms with Crippen LogP contribution in [0.4, 0.5) is 0 Å². The largest absolute Gasteiger partial charge is 0.507 e. The smallest absolute Gasteiger partial charge is 0.160 e. The zero-order valence-corrected chi connectivity index (χ0v) is 10.2. The first kappa shape index (κ1) is 13.2. The van der Waals surface area contributed by atoms with Crippen molar-refractivity contribution in [3.63, 3.8) is 0 Å². The van der Waals surface area contributed by atoms with Crippen LogP contribution in [0.2, 0.25) is 0 Å². The molecule has 0 aliphatic rings. The topological polar surface area (TPSA) is 46.5 Å². The zero-order chi connectivity index (χ0) is 12.8. The van der Waals surface area contributed by atoms with Gasteiger partial charge in [0.1, 0.15) is 5.75 Å². The fourth-order valence-electron chi connectivity index (χ4n) is 1.59. The fraction of sp³-hybridized carbons (Fsp3) is 0.214. The van der Waals surface area contributed by atoms with Crippen LogP contribution in [-0.4, -0.2) is 25.1 Å². The average molecular weight is 232 g/mol. The Morgan fingerprint density at radius 1 is 1.06 bits per heavy atom. The molecule has 0 fully saturated rings. The van der Waals surface area contributed by atoms with Gasteiger partial charge < -0.3 is 9.84 Å². The van der Waals surface area contributed by atoms with Crippen molar-refractivity contribution >= 4 is 16.6 Å². The lowest BCUT2D eigenvalue weighted by Gasteiger charge is -2.04. The minimum atomic E-state index is 0.0150. The summed E-state index contributed by atoms with van der Waals surface area (Å²) >= 11 is 0. The Labute approximate surface area is 101 Å². The van der Waals surface area contributed by atoms with Crippen molar-refractivity contribution in [3.05, 3.63) is 42.0 Å². The van der Waals surface area contributed by atoms with Gasteiger partial charge in [-0.25, -0.2) is 0 Å². The number of Topliss-reactive ketones (excluding diaryl/α,β-unsaturated/α-hetero) is 1. The van der Waals surface area contributed by atoms with Crippen molar-refractivity contribution in [1.29, 1.82) is 0 Å². The molecular weight excluding hydrogens is 216 g/mol. The highest BCUT2D eigenvalue weighted by molar-refractivity contribution is 6.08. The molecule has 0 aliphatic heterocycles. The third kappa shape index (κ3) is 3.04. The number of benzene rings is 2. The number of fused-ring (bicyclic) bond motifs is 1. The molecule has 2 rings (SSSR count). The molecule has 0 aliphatic carbocycles. The van der Waals surface area contributed by atoms with Gasteiger partial charge in [-0.3, -0.25) is 4.79 Å². The maximum Gasteiger partial charge on any atom is 0.160 e. The zero-order valence-electron chi connectivity index (χ0n) is 10.2. The number of methoxy groups -OCH3 is 1. The first-order valence-electron chi connectivity index (χ1n) is 5.23. The highest BCUT2D eigenvalue weighted by Crippen LogP contribution is 2.27. The Morgan fingerprint density at radius 2 is 1.59 bits per heavy atom. The van der Waals surface area contributed by atoms with Gasteiger partial charge in [-0.05, 0) is 24.4 Å². The lowest BCUT2D eigenvalue weighted by atomic mass is 10.0. The van der Waals surface area contributed by atoms with Crippen molar-refractivity contribution in [3.8, 4) is 5.75 Å². The van der Waals surface area contributed by atoms with E-state index in [9.17, 15) is 9.90 Å². The summed E-state index contributed by atoms with van der Waals surface area (Å²) in [6.45, 7) is 1.53. The molecule has 0 radical (unpaired) electrons. The van der Waals surface area contributed by atoms with E-state index in [0.29, 0.717) is 5.56 Å². The van der Waals surface area contributed by atoms with Crippen LogP contribution < -0.4 is 0 Å². The maximum absolute atomic E-state index is 11.3. The van der Waals surface area contributed by atoms with Gasteiger partial charge in [-0.1, -0.05) is 24.3 Å². The highest BCUT2D eigenvalue weighted by Gasteiger charge is 2.07. The van der Waals surface area contributed by atoms with Crippen LogP contribution >= 0.6 is 0 Å². The van der Waals surface area contributed by atoms with E-state index in [2.05, 4.69) is 4.74 Å². The number of phenolic OH excluding ortho intramolecular Hbond substituents is 1. The van der Waals surface area contributed by atoms with Gasteiger partial charge in [0.15, 0.2) is 5.78 Å². The number of aromatic hydroxyl groups is 1. The van der Waals surface area contributed by atoms with E-state index in [1.54, 1.807) is 32.4 Å². The van der Waals surface area contributed by atoms with Crippen molar-refractivity contribution in [1.82, 2.24) is 0 Å². The standard InChI is InChI=1S/C12H10O2.C2H6O/c1-8(13)9-6-7-12(14)11-5-3-2-4-10(9)11;1-3-2/h2-7,14H,1H3;1-2H3. The van der Waals surface area contributed by atoms with E-state index < -0.39 is 0 Å². The molecule has 2 aromatic rings. The van der Waals surface area contributed by atoms with E-state index in [1.165, 1.54) is 6.92 Å². The number of ether oxygens (including phenoxy) is 1. The molecule has 0 heterocycles. The summed E-state index contributed by atoms with van der Waals surface area (Å²) in [6.07, 6.45) is 0. The minimum Gasteiger partial charge on any atom is -0.507 e. The second-order valence-corrected chi connectivity index (χ2v) is 3.64. The van der Waals surface area contributed by atoms with E-state index in [-0.39, 0.29) is 11.5 Å². The number of rotatable bonds is 1.